The van der Waals surface area contributed by atoms with Crippen LogP contribution in [-0.2, 0) is 0 Å². The second-order valence-corrected chi connectivity index (χ2v) is 21.9. The molecule has 84 heavy (non-hydrogen) atoms. The Balaban J connectivity index is 1.02. The number of benzene rings is 14. The Kier molecular flexibility index (Phi) is 10.9. The number of fused-ring (bicyclic) bond motifs is 10. The lowest BCUT2D eigenvalue weighted by molar-refractivity contribution is 1.08. The van der Waals surface area contributed by atoms with E-state index in [-0.39, 0.29) is 0 Å². The van der Waals surface area contributed by atoms with Crippen LogP contribution in [0.3, 0.4) is 0 Å². The van der Waals surface area contributed by atoms with E-state index in [1.807, 2.05) is 0 Å². The van der Waals surface area contributed by atoms with Gasteiger partial charge in [0, 0.05) is 54.9 Å². The van der Waals surface area contributed by atoms with Gasteiger partial charge in [-0.05, 0) is 138 Å². The largest absolute Gasteiger partial charge is 0.309 e. The second-order valence-electron chi connectivity index (χ2n) is 21.9. The molecule has 0 spiro atoms. The van der Waals surface area contributed by atoms with Crippen molar-refractivity contribution in [2.45, 2.75) is 0 Å². The van der Waals surface area contributed by atoms with Crippen molar-refractivity contribution in [2.75, 3.05) is 0 Å². The van der Waals surface area contributed by atoms with Crippen LogP contribution in [0.15, 0.2) is 297 Å². The molecule has 5 nitrogen and oxygen atoms in total. The van der Waals surface area contributed by atoms with E-state index in [2.05, 4.69) is 306 Å². The molecule has 14 aromatic carbocycles. The summed E-state index contributed by atoms with van der Waals surface area (Å²) in [6, 6.07) is 108. The van der Waals surface area contributed by atoms with Crippen LogP contribution < -0.4 is 0 Å². The molecule has 390 valence electrons. The van der Waals surface area contributed by atoms with Gasteiger partial charge >= 0.3 is 0 Å². The molecule has 0 aliphatic heterocycles. The number of rotatable bonds is 8. The lowest BCUT2D eigenvalue weighted by Gasteiger charge is -2.21. The maximum absolute atomic E-state index is 5.75. The monoisotopic (exact) mass is 1070 g/mol. The van der Waals surface area contributed by atoms with Crippen molar-refractivity contribution in [1.29, 1.82) is 0 Å². The first-order valence-corrected chi connectivity index (χ1v) is 28.7. The van der Waals surface area contributed by atoms with Gasteiger partial charge in [0.1, 0.15) is 0 Å². The molecule has 0 atom stereocenters. The molecule has 0 bridgehead atoms. The molecular formula is C79H49N5. The molecule has 5 heteroatoms. The fourth-order valence-electron chi connectivity index (χ4n) is 13.1. The molecule has 0 radical (unpaired) electrons. The van der Waals surface area contributed by atoms with Crippen molar-refractivity contribution in [3.63, 3.8) is 0 Å². The molecule has 0 saturated heterocycles. The van der Waals surface area contributed by atoms with Crippen LogP contribution in [0.25, 0.3) is 166 Å². The fraction of sp³-hybridized carbons (Fsp3) is 0. The minimum Gasteiger partial charge on any atom is -0.309 e. The molecule has 3 aromatic heterocycles. The zero-order valence-corrected chi connectivity index (χ0v) is 45.5. The standard InChI is InChI=1S/C79H49N5/c1-4-20-50(21-5-1)54-30-18-31-60(42-54)66-49-70(63-41-40-59(51-22-6-2-7-23-51)46-69(63)76(66)84-73-47-57-28-14-12-26-55(57)44-67(73)68-45-56-27-13-15-29-58(56)48-74(68)84)79-81-77(61-39-38-52-24-10-11-25-53(52)43-61)80-78(82-79)65-35-19-37-72-75(65)64-34-16-17-36-71(64)83(72)62-32-8-3-9-33-62/h1-49H. The van der Waals surface area contributed by atoms with Crippen LogP contribution in [0.2, 0.25) is 0 Å². The van der Waals surface area contributed by atoms with Crippen LogP contribution in [0.4, 0.5) is 0 Å². The van der Waals surface area contributed by atoms with E-state index < -0.39 is 0 Å². The van der Waals surface area contributed by atoms with Crippen molar-refractivity contribution in [3.8, 4) is 78.9 Å². The molecule has 0 amide bonds. The summed E-state index contributed by atoms with van der Waals surface area (Å²) in [6.45, 7) is 0. The molecule has 0 saturated carbocycles. The molecular weight excluding hydrogens is 1020 g/mol. The van der Waals surface area contributed by atoms with Crippen molar-refractivity contribution >= 4 is 86.7 Å². The lowest BCUT2D eigenvalue weighted by Crippen LogP contribution is -2.04. The van der Waals surface area contributed by atoms with E-state index in [1.54, 1.807) is 0 Å². The SMILES string of the molecule is c1ccc(-c2cccc(-c3cc(-c4nc(-c5ccc6ccccc6c5)nc(-c5cccc6c5c5ccccc5n6-c5ccccc5)n4)c4ccc(-c5ccccc5)cc4c3-n3c4cc5ccccc5cc4c4cc5ccccc5cc43)c2)cc1. The summed E-state index contributed by atoms with van der Waals surface area (Å²) in [5.41, 5.74) is 16.0. The van der Waals surface area contributed by atoms with E-state index in [0.29, 0.717) is 17.5 Å². The van der Waals surface area contributed by atoms with Gasteiger partial charge in [-0.3, -0.25) is 0 Å². The smallest absolute Gasteiger partial charge is 0.164 e. The zero-order chi connectivity index (χ0) is 55.2. The molecule has 17 aromatic rings. The number of nitrogens with zero attached hydrogens (tertiary/aromatic N) is 5. The van der Waals surface area contributed by atoms with Gasteiger partial charge in [0.05, 0.1) is 27.8 Å². The van der Waals surface area contributed by atoms with Crippen LogP contribution >= 0.6 is 0 Å². The first-order valence-electron chi connectivity index (χ1n) is 28.7. The maximum atomic E-state index is 5.75. The maximum Gasteiger partial charge on any atom is 0.164 e. The summed E-state index contributed by atoms with van der Waals surface area (Å²) in [5.74, 6) is 1.77. The third-order valence-corrected chi connectivity index (χ3v) is 17.1. The van der Waals surface area contributed by atoms with Crippen molar-refractivity contribution in [1.82, 2.24) is 24.1 Å². The van der Waals surface area contributed by atoms with Gasteiger partial charge in [0.25, 0.3) is 0 Å². The average Bonchev–Trinajstić information content (AvgIpc) is 1.65. The quantitative estimate of drug-likeness (QED) is 0.152. The van der Waals surface area contributed by atoms with E-state index in [9.17, 15) is 0 Å². The molecule has 0 N–H and O–H groups in total. The third kappa shape index (κ3) is 7.74. The van der Waals surface area contributed by atoms with Crippen LogP contribution in [0.5, 0.6) is 0 Å². The number of aromatic nitrogens is 5. The highest BCUT2D eigenvalue weighted by molar-refractivity contribution is 6.20. The van der Waals surface area contributed by atoms with Crippen molar-refractivity contribution in [3.05, 3.63) is 297 Å². The molecule has 17 rings (SSSR count). The molecule has 0 aliphatic rings. The van der Waals surface area contributed by atoms with Crippen LogP contribution in [0, 0.1) is 0 Å². The zero-order valence-electron chi connectivity index (χ0n) is 45.5. The van der Waals surface area contributed by atoms with E-state index >= 15 is 0 Å². The molecule has 3 heterocycles. The van der Waals surface area contributed by atoms with Gasteiger partial charge < -0.3 is 9.13 Å². The first-order chi connectivity index (χ1) is 41.6. The van der Waals surface area contributed by atoms with Gasteiger partial charge in [-0.15, -0.1) is 0 Å². The highest BCUT2D eigenvalue weighted by Crippen LogP contribution is 2.47. The van der Waals surface area contributed by atoms with E-state index in [0.717, 1.165) is 116 Å². The molecule has 0 aliphatic carbocycles. The van der Waals surface area contributed by atoms with E-state index in [4.69, 9.17) is 15.0 Å². The Morgan fingerprint density at radius 1 is 0.214 bits per heavy atom. The predicted molar refractivity (Wildman–Crippen MR) is 351 cm³/mol. The van der Waals surface area contributed by atoms with Crippen molar-refractivity contribution < 1.29 is 0 Å². The molecule has 0 unspecified atom stereocenters. The Labute approximate surface area is 484 Å². The number of para-hydroxylation sites is 2. The summed E-state index contributed by atoms with van der Waals surface area (Å²) in [5, 5.41) is 13.7. The van der Waals surface area contributed by atoms with Gasteiger partial charge in [-0.2, -0.15) is 0 Å². The predicted octanol–water partition coefficient (Wildman–Crippen LogP) is 20.7. The summed E-state index contributed by atoms with van der Waals surface area (Å²) in [4.78, 5) is 17.0. The number of hydrogen-bond donors (Lipinski definition) is 0. The average molecular weight is 1070 g/mol. The van der Waals surface area contributed by atoms with Gasteiger partial charge in [-0.1, -0.05) is 224 Å². The summed E-state index contributed by atoms with van der Waals surface area (Å²) in [6.07, 6.45) is 0. The Morgan fingerprint density at radius 2 is 0.714 bits per heavy atom. The Morgan fingerprint density at radius 3 is 1.39 bits per heavy atom. The fourth-order valence-corrected chi connectivity index (χ4v) is 13.1. The number of hydrogen-bond acceptors (Lipinski definition) is 3. The van der Waals surface area contributed by atoms with Gasteiger partial charge in [0.2, 0.25) is 0 Å². The summed E-state index contributed by atoms with van der Waals surface area (Å²) < 4.78 is 4.91. The third-order valence-electron chi connectivity index (χ3n) is 17.1. The Hall–Kier alpha value is -11.3. The summed E-state index contributed by atoms with van der Waals surface area (Å²) >= 11 is 0. The van der Waals surface area contributed by atoms with Crippen LogP contribution in [0.1, 0.15) is 0 Å². The summed E-state index contributed by atoms with van der Waals surface area (Å²) in [7, 11) is 0. The minimum atomic E-state index is 0.579. The highest BCUT2D eigenvalue weighted by atomic mass is 15.0. The highest BCUT2D eigenvalue weighted by Gasteiger charge is 2.26. The lowest BCUT2D eigenvalue weighted by atomic mass is 9.90. The van der Waals surface area contributed by atoms with Gasteiger partial charge in [-0.25, -0.2) is 15.0 Å². The second kappa shape index (κ2) is 19.2. The van der Waals surface area contributed by atoms with Crippen LogP contribution in [-0.4, -0.2) is 24.1 Å². The van der Waals surface area contributed by atoms with Gasteiger partial charge in [0.15, 0.2) is 17.5 Å². The Bertz CT molecular complexity index is 5390. The van der Waals surface area contributed by atoms with E-state index in [1.165, 1.54) is 32.3 Å². The molecule has 0 fully saturated rings. The normalized spacial score (nSPS) is 11.8. The minimum absolute atomic E-state index is 0.579. The first kappa shape index (κ1) is 47.5. The topological polar surface area (TPSA) is 48.5 Å². The van der Waals surface area contributed by atoms with Crippen molar-refractivity contribution in [2.24, 2.45) is 0 Å².